The van der Waals surface area contributed by atoms with E-state index in [0.29, 0.717) is 0 Å². The summed E-state index contributed by atoms with van der Waals surface area (Å²) in [7, 11) is -2.58. The lowest BCUT2D eigenvalue weighted by Gasteiger charge is -2.43. The second-order valence-electron chi connectivity index (χ2n) is 8.61. The molecule has 1 saturated carbocycles. The predicted octanol–water partition coefficient (Wildman–Crippen LogP) is 5.80. The average Bonchev–Trinajstić information content (AvgIpc) is 3.52. The summed E-state index contributed by atoms with van der Waals surface area (Å²) >= 11 is 0. The Bertz CT molecular complexity index is 923. The summed E-state index contributed by atoms with van der Waals surface area (Å²) in [5.74, 6) is 0.996. The minimum atomic E-state index is -2.58. The second-order valence-corrected chi connectivity index (χ2v) is 12.8. The van der Waals surface area contributed by atoms with Crippen LogP contribution in [0.4, 0.5) is 0 Å². The smallest absolute Gasteiger partial charge is 0.319 e. The fourth-order valence-electron chi connectivity index (χ4n) is 3.94. The van der Waals surface area contributed by atoms with Crippen molar-refractivity contribution in [3.63, 3.8) is 0 Å². The zero-order valence-electron chi connectivity index (χ0n) is 17.0. The van der Waals surface area contributed by atoms with Gasteiger partial charge in [0.1, 0.15) is 5.75 Å². The fraction of sp³-hybridized carbons (Fsp3) is 0.231. The van der Waals surface area contributed by atoms with Crippen LogP contribution in [0.1, 0.15) is 39.2 Å². The molecule has 4 rings (SSSR count). The summed E-state index contributed by atoms with van der Waals surface area (Å²) in [6, 6.07) is 30.2. The number of hydrogen-bond donors (Lipinski definition) is 0. The van der Waals surface area contributed by atoms with Gasteiger partial charge in [0, 0.05) is 5.56 Å². The van der Waals surface area contributed by atoms with Crippen LogP contribution in [-0.4, -0.2) is 8.32 Å². The van der Waals surface area contributed by atoms with E-state index in [9.17, 15) is 0 Å². The van der Waals surface area contributed by atoms with Gasteiger partial charge >= 0.3 is 8.32 Å². The molecule has 0 atom stereocenters. The van der Waals surface area contributed by atoms with Crippen molar-refractivity contribution in [3.05, 3.63) is 96.1 Å². The van der Waals surface area contributed by atoms with Gasteiger partial charge in [0.05, 0.1) is 0 Å². The van der Waals surface area contributed by atoms with Crippen LogP contribution in [0.5, 0.6) is 5.75 Å². The summed E-state index contributed by atoms with van der Waals surface area (Å²) in [6.07, 6.45) is 4.74. The first kappa shape index (κ1) is 18.8. The fourth-order valence-corrected chi connectivity index (χ4v) is 8.39. The summed E-state index contributed by atoms with van der Waals surface area (Å²) < 4.78 is 7.19. The molecular formula is C26H28OSi. The zero-order chi connectivity index (χ0) is 19.6. The van der Waals surface area contributed by atoms with E-state index in [0.717, 1.165) is 5.75 Å². The summed E-state index contributed by atoms with van der Waals surface area (Å²) in [6.45, 7) is 6.96. The first-order valence-electron chi connectivity index (χ1n) is 10.1. The van der Waals surface area contributed by atoms with Crippen LogP contribution in [-0.2, 0) is 0 Å². The highest BCUT2D eigenvalue weighted by atomic mass is 28.4. The van der Waals surface area contributed by atoms with Gasteiger partial charge in [0.25, 0.3) is 0 Å². The number of rotatable bonds is 5. The summed E-state index contributed by atoms with van der Waals surface area (Å²) in [4.78, 5) is 0. The molecular weight excluding hydrogens is 356 g/mol. The third-order valence-electron chi connectivity index (χ3n) is 5.50. The SMILES string of the molecule is CC(C)(C)[Si](Oc1ccccc1C=C1CC1)(c1ccccc1)c1ccccc1. The molecule has 0 spiro atoms. The van der Waals surface area contributed by atoms with Gasteiger partial charge in [-0.2, -0.15) is 0 Å². The van der Waals surface area contributed by atoms with Crippen LogP contribution in [0.3, 0.4) is 0 Å². The number of allylic oxidation sites excluding steroid dienone is 1. The van der Waals surface area contributed by atoms with Gasteiger partial charge in [-0.1, -0.05) is 111 Å². The van der Waals surface area contributed by atoms with E-state index in [-0.39, 0.29) is 5.04 Å². The number of para-hydroxylation sites is 1. The molecule has 0 radical (unpaired) electrons. The van der Waals surface area contributed by atoms with E-state index < -0.39 is 8.32 Å². The van der Waals surface area contributed by atoms with Crippen molar-refractivity contribution in [2.24, 2.45) is 0 Å². The minimum Gasteiger partial charge on any atom is -0.534 e. The van der Waals surface area contributed by atoms with Crippen molar-refractivity contribution >= 4 is 24.8 Å². The molecule has 0 unspecified atom stereocenters. The van der Waals surface area contributed by atoms with Crippen molar-refractivity contribution in [3.8, 4) is 5.75 Å². The normalized spacial score (nSPS) is 13.9. The molecule has 1 fully saturated rings. The van der Waals surface area contributed by atoms with Gasteiger partial charge in [-0.25, -0.2) is 0 Å². The van der Waals surface area contributed by atoms with E-state index in [1.807, 2.05) is 0 Å². The maximum Gasteiger partial charge on any atom is 0.319 e. The highest BCUT2D eigenvalue weighted by Gasteiger charge is 2.52. The van der Waals surface area contributed by atoms with Crippen LogP contribution < -0.4 is 14.8 Å². The van der Waals surface area contributed by atoms with Crippen molar-refractivity contribution in [2.45, 2.75) is 38.7 Å². The molecule has 0 saturated heterocycles. The molecule has 3 aromatic carbocycles. The molecule has 0 amide bonds. The molecule has 1 aliphatic carbocycles. The molecule has 0 bridgehead atoms. The van der Waals surface area contributed by atoms with Gasteiger partial charge in [-0.05, 0) is 34.3 Å². The standard InChI is InChI=1S/C26H28OSi/c1-26(2,3)28(23-13-6-4-7-14-23,24-15-8-5-9-16-24)27-25-17-11-10-12-22(25)20-21-18-19-21/h4-17,20H,18-19H2,1-3H3. The second kappa shape index (κ2) is 7.44. The van der Waals surface area contributed by atoms with Crippen LogP contribution in [0.15, 0.2) is 90.5 Å². The van der Waals surface area contributed by atoms with Gasteiger partial charge in [-0.3, -0.25) is 0 Å². The first-order chi connectivity index (χ1) is 13.5. The monoisotopic (exact) mass is 384 g/mol. The molecule has 0 heterocycles. The molecule has 2 heteroatoms. The van der Waals surface area contributed by atoms with Crippen molar-refractivity contribution in [1.29, 1.82) is 0 Å². The van der Waals surface area contributed by atoms with Gasteiger partial charge in [0.2, 0.25) is 0 Å². The van der Waals surface area contributed by atoms with E-state index in [1.165, 1.54) is 34.4 Å². The molecule has 1 nitrogen and oxygen atoms in total. The Labute approximate surface area is 169 Å². The number of benzene rings is 3. The van der Waals surface area contributed by atoms with Crippen molar-refractivity contribution in [2.75, 3.05) is 0 Å². The highest BCUT2D eigenvalue weighted by Crippen LogP contribution is 2.39. The van der Waals surface area contributed by atoms with Crippen molar-refractivity contribution in [1.82, 2.24) is 0 Å². The lowest BCUT2D eigenvalue weighted by molar-refractivity contribution is 0.507. The van der Waals surface area contributed by atoms with Gasteiger partial charge in [-0.15, -0.1) is 0 Å². The van der Waals surface area contributed by atoms with Crippen LogP contribution in [0.25, 0.3) is 6.08 Å². The van der Waals surface area contributed by atoms with Crippen molar-refractivity contribution < 1.29 is 4.43 Å². The van der Waals surface area contributed by atoms with E-state index >= 15 is 0 Å². The van der Waals surface area contributed by atoms with Gasteiger partial charge < -0.3 is 4.43 Å². The predicted molar refractivity (Wildman–Crippen MR) is 122 cm³/mol. The maximum absolute atomic E-state index is 7.19. The molecule has 142 valence electrons. The molecule has 0 aromatic heterocycles. The quantitative estimate of drug-likeness (QED) is 0.505. The Morgan fingerprint density at radius 2 is 1.21 bits per heavy atom. The summed E-state index contributed by atoms with van der Waals surface area (Å²) in [5, 5.41) is 2.58. The average molecular weight is 385 g/mol. The lowest BCUT2D eigenvalue weighted by atomic mass is 10.2. The maximum atomic E-state index is 7.19. The third kappa shape index (κ3) is 3.57. The Hall–Kier alpha value is -2.58. The Balaban J connectivity index is 1.93. The highest BCUT2D eigenvalue weighted by molar-refractivity contribution is 7.00. The lowest BCUT2D eigenvalue weighted by Crippen LogP contribution is -2.68. The molecule has 0 N–H and O–H groups in total. The Morgan fingerprint density at radius 1 is 0.714 bits per heavy atom. The molecule has 3 aromatic rings. The van der Waals surface area contributed by atoms with E-state index in [2.05, 4.69) is 112 Å². The van der Waals surface area contributed by atoms with Crippen LogP contribution in [0.2, 0.25) is 5.04 Å². The first-order valence-corrected chi connectivity index (χ1v) is 12.0. The van der Waals surface area contributed by atoms with Gasteiger partial charge in [0.15, 0.2) is 0 Å². The van der Waals surface area contributed by atoms with E-state index in [1.54, 1.807) is 0 Å². The largest absolute Gasteiger partial charge is 0.534 e. The minimum absolute atomic E-state index is 0.0322. The third-order valence-corrected chi connectivity index (χ3v) is 10.4. The number of hydrogen-bond acceptors (Lipinski definition) is 1. The van der Waals surface area contributed by atoms with E-state index in [4.69, 9.17) is 4.43 Å². The Kier molecular flexibility index (Phi) is 4.99. The summed E-state index contributed by atoms with van der Waals surface area (Å²) in [5.41, 5.74) is 2.71. The van der Waals surface area contributed by atoms with Crippen LogP contribution >= 0.6 is 0 Å². The zero-order valence-corrected chi connectivity index (χ0v) is 18.0. The molecule has 0 aliphatic heterocycles. The van der Waals surface area contributed by atoms with Crippen LogP contribution in [0, 0.1) is 0 Å². The molecule has 1 aliphatic rings. The Morgan fingerprint density at radius 3 is 1.71 bits per heavy atom. The molecule has 28 heavy (non-hydrogen) atoms. The topological polar surface area (TPSA) is 9.23 Å².